The highest BCUT2D eigenvalue weighted by Crippen LogP contribution is 2.23. The van der Waals surface area contributed by atoms with E-state index in [2.05, 4.69) is 43.4 Å². The Morgan fingerprint density at radius 2 is 1.94 bits per heavy atom. The van der Waals surface area contributed by atoms with Crippen molar-refractivity contribution in [3.05, 3.63) is 35.4 Å². The van der Waals surface area contributed by atoms with E-state index in [1.807, 2.05) is 0 Å². The molecule has 1 fully saturated rings. The second-order valence-corrected chi connectivity index (χ2v) is 5.20. The molecule has 2 N–H and O–H groups in total. The van der Waals surface area contributed by atoms with Gasteiger partial charge in [0.2, 0.25) is 0 Å². The lowest BCUT2D eigenvalue weighted by Gasteiger charge is -2.31. The minimum atomic E-state index is -0.171. The molecule has 0 saturated heterocycles. The summed E-state index contributed by atoms with van der Waals surface area (Å²) in [6.07, 6.45) is 4.26. The standard InChI is InChI=1S/C15H23NO/c1-11-7-3-4-8-13(11)12(2)16-14-9-5-6-10-15(14)17/h3-4,7-8,12,14-17H,5-6,9-10H2,1-2H3/t12-,14?,15?/m1/s1. The summed E-state index contributed by atoms with van der Waals surface area (Å²) in [5, 5.41) is 13.5. The number of aryl methyl sites for hydroxylation is 1. The third-order valence-electron chi connectivity index (χ3n) is 3.85. The fourth-order valence-electron chi connectivity index (χ4n) is 2.79. The molecule has 0 aromatic heterocycles. The fraction of sp³-hybridized carbons (Fsp3) is 0.600. The van der Waals surface area contributed by atoms with Gasteiger partial charge in [-0.1, -0.05) is 37.1 Å². The van der Waals surface area contributed by atoms with E-state index in [0.29, 0.717) is 6.04 Å². The molecule has 2 unspecified atom stereocenters. The predicted octanol–water partition coefficient (Wildman–Crippen LogP) is 2.95. The summed E-state index contributed by atoms with van der Waals surface area (Å²) in [5.41, 5.74) is 2.66. The Kier molecular flexibility index (Phi) is 4.19. The summed E-state index contributed by atoms with van der Waals surface area (Å²) < 4.78 is 0. The molecule has 1 saturated carbocycles. The molecule has 1 aromatic rings. The lowest BCUT2D eigenvalue weighted by molar-refractivity contribution is 0.0859. The first kappa shape index (κ1) is 12.6. The number of hydrogen-bond donors (Lipinski definition) is 2. The van der Waals surface area contributed by atoms with Crippen LogP contribution in [0.2, 0.25) is 0 Å². The Labute approximate surface area is 104 Å². The van der Waals surface area contributed by atoms with Crippen LogP contribution < -0.4 is 5.32 Å². The number of nitrogens with one attached hydrogen (secondary N) is 1. The van der Waals surface area contributed by atoms with Gasteiger partial charge in [0.25, 0.3) is 0 Å². The average Bonchev–Trinajstić information content (AvgIpc) is 2.32. The number of hydrogen-bond acceptors (Lipinski definition) is 2. The van der Waals surface area contributed by atoms with E-state index in [4.69, 9.17) is 0 Å². The quantitative estimate of drug-likeness (QED) is 0.841. The number of rotatable bonds is 3. The largest absolute Gasteiger partial charge is 0.392 e. The Bertz CT molecular complexity index is 364. The van der Waals surface area contributed by atoms with Crippen LogP contribution in [0.15, 0.2) is 24.3 Å². The highest BCUT2D eigenvalue weighted by Gasteiger charge is 2.24. The molecule has 1 aliphatic carbocycles. The smallest absolute Gasteiger partial charge is 0.0693 e. The molecule has 0 radical (unpaired) electrons. The number of aliphatic hydroxyl groups is 1. The molecular formula is C15H23NO. The maximum Gasteiger partial charge on any atom is 0.0693 e. The lowest BCUT2D eigenvalue weighted by atomic mass is 9.91. The summed E-state index contributed by atoms with van der Waals surface area (Å²) >= 11 is 0. The van der Waals surface area contributed by atoms with Crippen molar-refractivity contribution in [2.24, 2.45) is 0 Å². The Balaban J connectivity index is 2.01. The SMILES string of the molecule is Cc1ccccc1[C@@H](C)NC1CCCCC1O. The Hall–Kier alpha value is -0.860. The Morgan fingerprint density at radius 3 is 2.65 bits per heavy atom. The molecule has 17 heavy (non-hydrogen) atoms. The molecule has 1 aromatic carbocycles. The summed E-state index contributed by atoms with van der Waals surface area (Å²) in [7, 11) is 0. The van der Waals surface area contributed by atoms with E-state index >= 15 is 0 Å². The average molecular weight is 233 g/mol. The molecule has 2 nitrogen and oxygen atoms in total. The van der Waals surface area contributed by atoms with Crippen molar-refractivity contribution < 1.29 is 5.11 Å². The van der Waals surface area contributed by atoms with Crippen LogP contribution in [0.3, 0.4) is 0 Å². The molecule has 0 amide bonds. The maximum atomic E-state index is 9.97. The zero-order valence-electron chi connectivity index (χ0n) is 10.8. The van der Waals surface area contributed by atoms with Gasteiger partial charge in [0.1, 0.15) is 0 Å². The van der Waals surface area contributed by atoms with Crippen molar-refractivity contribution in [2.45, 2.75) is 57.7 Å². The summed E-state index contributed by atoms with van der Waals surface area (Å²) in [4.78, 5) is 0. The van der Waals surface area contributed by atoms with Crippen molar-refractivity contribution in [3.8, 4) is 0 Å². The van der Waals surface area contributed by atoms with Crippen molar-refractivity contribution >= 4 is 0 Å². The van der Waals surface area contributed by atoms with Gasteiger partial charge < -0.3 is 10.4 Å². The summed E-state index contributed by atoms with van der Waals surface area (Å²) in [6, 6.07) is 9.04. The highest BCUT2D eigenvalue weighted by molar-refractivity contribution is 5.28. The molecule has 2 heteroatoms. The molecule has 2 rings (SSSR count). The van der Waals surface area contributed by atoms with Crippen LogP contribution in [-0.2, 0) is 0 Å². The third kappa shape index (κ3) is 3.08. The van der Waals surface area contributed by atoms with Gasteiger partial charge >= 0.3 is 0 Å². The first-order valence-electron chi connectivity index (χ1n) is 6.68. The first-order chi connectivity index (χ1) is 8.18. The van der Waals surface area contributed by atoms with Crippen LogP contribution in [-0.4, -0.2) is 17.3 Å². The van der Waals surface area contributed by atoms with E-state index in [0.717, 1.165) is 19.3 Å². The topological polar surface area (TPSA) is 32.3 Å². The molecule has 0 aliphatic heterocycles. The van der Waals surface area contributed by atoms with Crippen molar-refractivity contribution in [1.82, 2.24) is 5.32 Å². The van der Waals surface area contributed by atoms with Gasteiger partial charge in [-0.25, -0.2) is 0 Å². The second-order valence-electron chi connectivity index (χ2n) is 5.20. The zero-order valence-corrected chi connectivity index (χ0v) is 10.8. The molecule has 94 valence electrons. The van der Waals surface area contributed by atoms with Gasteiger partial charge in [-0.15, -0.1) is 0 Å². The van der Waals surface area contributed by atoms with E-state index in [-0.39, 0.29) is 12.1 Å². The van der Waals surface area contributed by atoms with E-state index in [1.165, 1.54) is 17.5 Å². The fourth-order valence-corrected chi connectivity index (χ4v) is 2.79. The summed E-state index contributed by atoms with van der Waals surface area (Å²) in [6.45, 7) is 4.33. The lowest BCUT2D eigenvalue weighted by Crippen LogP contribution is -2.43. The van der Waals surface area contributed by atoms with Gasteiger partial charge in [0.15, 0.2) is 0 Å². The van der Waals surface area contributed by atoms with Gasteiger partial charge in [-0.2, -0.15) is 0 Å². The molecule has 3 atom stereocenters. The normalized spacial score (nSPS) is 26.8. The van der Waals surface area contributed by atoms with E-state index < -0.39 is 0 Å². The van der Waals surface area contributed by atoms with Crippen LogP contribution in [0.5, 0.6) is 0 Å². The maximum absolute atomic E-state index is 9.97. The Morgan fingerprint density at radius 1 is 1.24 bits per heavy atom. The minimum absolute atomic E-state index is 0.171. The molecule has 1 aliphatic rings. The van der Waals surface area contributed by atoms with Gasteiger partial charge in [0, 0.05) is 12.1 Å². The molecule has 0 bridgehead atoms. The monoisotopic (exact) mass is 233 g/mol. The molecule has 0 heterocycles. The van der Waals surface area contributed by atoms with Crippen LogP contribution in [0.4, 0.5) is 0 Å². The first-order valence-corrected chi connectivity index (χ1v) is 6.68. The second kappa shape index (κ2) is 5.65. The molecular weight excluding hydrogens is 210 g/mol. The highest BCUT2D eigenvalue weighted by atomic mass is 16.3. The van der Waals surface area contributed by atoms with Crippen molar-refractivity contribution in [3.63, 3.8) is 0 Å². The van der Waals surface area contributed by atoms with Gasteiger partial charge in [0.05, 0.1) is 6.10 Å². The minimum Gasteiger partial charge on any atom is -0.392 e. The van der Waals surface area contributed by atoms with E-state index in [9.17, 15) is 5.11 Å². The van der Waals surface area contributed by atoms with Crippen LogP contribution in [0, 0.1) is 6.92 Å². The number of aliphatic hydroxyl groups excluding tert-OH is 1. The van der Waals surface area contributed by atoms with Crippen LogP contribution >= 0.6 is 0 Å². The van der Waals surface area contributed by atoms with Gasteiger partial charge in [-0.05, 0) is 37.8 Å². The van der Waals surface area contributed by atoms with E-state index in [1.54, 1.807) is 0 Å². The summed E-state index contributed by atoms with van der Waals surface area (Å²) in [5.74, 6) is 0. The van der Waals surface area contributed by atoms with Crippen molar-refractivity contribution in [1.29, 1.82) is 0 Å². The van der Waals surface area contributed by atoms with Crippen molar-refractivity contribution in [2.75, 3.05) is 0 Å². The van der Waals surface area contributed by atoms with Crippen LogP contribution in [0.1, 0.15) is 49.8 Å². The zero-order chi connectivity index (χ0) is 12.3. The van der Waals surface area contributed by atoms with Gasteiger partial charge in [-0.3, -0.25) is 0 Å². The van der Waals surface area contributed by atoms with Crippen LogP contribution in [0.25, 0.3) is 0 Å². The predicted molar refractivity (Wildman–Crippen MR) is 71.0 cm³/mol. The third-order valence-corrected chi connectivity index (χ3v) is 3.85. The molecule has 0 spiro atoms. The number of benzene rings is 1.